The SMILES string of the molecule is CCC1(O)CN(S(=O)(=O)CCCCl)C1. The van der Waals surface area contributed by atoms with Gasteiger partial charge in [0.1, 0.15) is 0 Å². The molecule has 0 unspecified atom stereocenters. The maximum atomic E-state index is 11.5. The fourth-order valence-corrected chi connectivity index (χ4v) is 3.33. The zero-order valence-electron chi connectivity index (χ0n) is 8.24. The number of alkyl halides is 1. The van der Waals surface area contributed by atoms with Gasteiger partial charge < -0.3 is 5.11 Å². The Hall–Kier alpha value is 0.160. The largest absolute Gasteiger partial charge is 0.387 e. The number of rotatable bonds is 5. The van der Waals surface area contributed by atoms with Gasteiger partial charge >= 0.3 is 0 Å². The molecule has 0 atom stereocenters. The third-order valence-corrected chi connectivity index (χ3v) is 4.65. The van der Waals surface area contributed by atoms with Gasteiger partial charge in [-0.2, -0.15) is 4.31 Å². The lowest BCUT2D eigenvalue weighted by Crippen LogP contribution is -2.63. The summed E-state index contributed by atoms with van der Waals surface area (Å²) in [6.45, 7) is 2.31. The van der Waals surface area contributed by atoms with Crippen molar-refractivity contribution < 1.29 is 13.5 Å². The average molecular weight is 242 g/mol. The van der Waals surface area contributed by atoms with Gasteiger partial charge in [-0.1, -0.05) is 6.92 Å². The Morgan fingerprint density at radius 3 is 2.50 bits per heavy atom. The normalized spacial score (nSPS) is 21.9. The fraction of sp³-hybridized carbons (Fsp3) is 1.00. The van der Waals surface area contributed by atoms with Crippen molar-refractivity contribution in [1.29, 1.82) is 0 Å². The number of aliphatic hydroxyl groups is 1. The minimum absolute atomic E-state index is 0.0797. The van der Waals surface area contributed by atoms with Crippen molar-refractivity contribution >= 4 is 21.6 Å². The van der Waals surface area contributed by atoms with E-state index < -0.39 is 15.6 Å². The molecule has 1 saturated heterocycles. The van der Waals surface area contributed by atoms with E-state index in [1.165, 1.54) is 4.31 Å². The second-order valence-electron chi connectivity index (χ2n) is 3.70. The number of sulfonamides is 1. The summed E-state index contributed by atoms with van der Waals surface area (Å²) in [6, 6.07) is 0. The van der Waals surface area contributed by atoms with Crippen LogP contribution >= 0.6 is 11.6 Å². The van der Waals surface area contributed by atoms with Crippen LogP contribution in [-0.4, -0.2) is 48.2 Å². The number of halogens is 1. The molecule has 1 aliphatic heterocycles. The van der Waals surface area contributed by atoms with Crippen LogP contribution in [0.4, 0.5) is 0 Å². The molecule has 4 nitrogen and oxygen atoms in total. The van der Waals surface area contributed by atoms with Gasteiger partial charge in [-0.15, -0.1) is 11.6 Å². The number of nitrogens with zero attached hydrogens (tertiary/aromatic N) is 1. The summed E-state index contributed by atoms with van der Waals surface area (Å²) in [5, 5.41) is 9.65. The molecule has 0 spiro atoms. The van der Waals surface area contributed by atoms with Gasteiger partial charge in [0.15, 0.2) is 0 Å². The monoisotopic (exact) mass is 241 g/mol. The van der Waals surface area contributed by atoms with Crippen LogP contribution in [0.3, 0.4) is 0 Å². The zero-order chi connectivity index (χ0) is 10.8. The average Bonchev–Trinajstić information content (AvgIpc) is 2.09. The van der Waals surface area contributed by atoms with Crippen molar-refractivity contribution in [3.63, 3.8) is 0 Å². The first kappa shape index (κ1) is 12.2. The Morgan fingerprint density at radius 2 is 2.07 bits per heavy atom. The predicted molar refractivity (Wildman–Crippen MR) is 55.9 cm³/mol. The van der Waals surface area contributed by atoms with Crippen LogP contribution in [0.2, 0.25) is 0 Å². The van der Waals surface area contributed by atoms with Crippen LogP contribution in [0.15, 0.2) is 0 Å². The Balaban J connectivity index is 2.46. The number of hydrogen-bond acceptors (Lipinski definition) is 3. The number of hydrogen-bond donors (Lipinski definition) is 1. The summed E-state index contributed by atoms with van der Waals surface area (Å²) < 4.78 is 24.4. The van der Waals surface area contributed by atoms with Gasteiger partial charge in [0.05, 0.1) is 11.4 Å². The van der Waals surface area contributed by atoms with E-state index in [0.29, 0.717) is 18.7 Å². The quantitative estimate of drug-likeness (QED) is 0.709. The highest BCUT2D eigenvalue weighted by atomic mass is 35.5. The van der Waals surface area contributed by atoms with Gasteiger partial charge in [-0.3, -0.25) is 0 Å². The minimum Gasteiger partial charge on any atom is -0.387 e. The molecular weight excluding hydrogens is 226 g/mol. The van der Waals surface area contributed by atoms with Gasteiger partial charge in [-0.25, -0.2) is 8.42 Å². The minimum atomic E-state index is -3.18. The molecule has 1 N–H and O–H groups in total. The van der Waals surface area contributed by atoms with Crippen LogP contribution in [-0.2, 0) is 10.0 Å². The van der Waals surface area contributed by atoms with E-state index >= 15 is 0 Å². The second-order valence-corrected chi connectivity index (χ2v) is 6.17. The lowest BCUT2D eigenvalue weighted by atomic mass is 9.94. The molecule has 0 saturated carbocycles. The molecule has 0 aromatic rings. The van der Waals surface area contributed by atoms with Gasteiger partial charge in [0, 0.05) is 19.0 Å². The molecule has 0 aromatic heterocycles. The first-order valence-corrected chi connectivity index (χ1v) is 6.84. The Bertz CT molecular complexity index is 285. The zero-order valence-corrected chi connectivity index (χ0v) is 9.81. The van der Waals surface area contributed by atoms with Crippen molar-refractivity contribution in [2.24, 2.45) is 0 Å². The topological polar surface area (TPSA) is 57.6 Å². The molecule has 0 bridgehead atoms. The fourth-order valence-electron chi connectivity index (χ4n) is 1.40. The summed E-state index contributed by atoms with van der Waals surface area (Å²) in [7, 11) is -3.18. The van der Waals surface area contributed by atoms with Crippen LogP contribution in [0.25, 0.3) is 0 Å². The van der Waals surface area contributed by atoms with Crippen molar-refractivity contribution in [3.05, 3.63) is 0 Å². The first-order valence-electron chi connectivity index (χ1n) is 4.70. The molecule has 0 aliphatic carbocycles. The van der Waals surface area contributed by atoms with E-state index in [-0.39, 0.29) is 18.8 Å². The summed E-state index contributed by atoms with van der Waals surface area (Å²) in [5.41, 5.74) is -0.798. The molecular formula is C8H16ClNO3S. The highest BCUT2D eigenvalue weighted by molar-refractivity contribution is 7.89. The van der Waals surface area contributed by atoms with E-state index in [1.54, 1.807) is 0 Å². The highest BCUT2D eigenvalue weighted by Gasteiger charge is 2.44. The van der Waals surface area contributed by atoms with Crippen LogP contribution in [0.1, 0.15) is 19.8 Å². The van der Waals surface area contributed by atoms with E-state index in [0.717, 1.165) is 0 Å². The van der Waals surface area contributed by atoms with Gasteiger partial charge in [0.25, 0.3) is 0 Å². The van der Waals surface area contributed by atoms with Crippen molar-refractivity contribution in [1.82, 2.24) is 4.31 Å². The summed E-state index contributed by atoms with van der Waals surface area (Å²) in [5.74, 6) is 0.432. The molecule has 84 valence electrons. The molecule has 14 heavy (non-hydrogen) atoms. The molecule has 1 heterocycles. The Morgan fingerprint density at radius 1 is 1.50 bits per heavy atom. The highest BCUT2D eigenvalue weighted by Crippen LogP contribution is 2.27. The molecule has 0 aromatic carbocycles. The Kier molecular flexibility index (Phi) is 3.80. The molecule has 1 fully saturated rings. The molecule has 0 amide bonds. The van der Waals surface area contributed by atoms with Crippen molar-refractivity contribution in [2.75, 3.05) is 24.7 Å². The maximum Gasteiger partial charge on any atom is 0.214 e. The smallest absolute Gasteiger partial charge is 0.214 e. The lowest BCUT2D eigenvalue weighted by Gasteiger charge is -2.44. The van der Waals surface area contributed by atoms with E-state index in [1.807, 2.05) is 6.92 Å². The van der Waals surface area contributed by atoms with E-state index in [9.17, 15) is 13.5 Å². The van der Waals surface area contributed by atoms with E-state index in [4.69, 9.17) is 11.6 Å². The lowest BCUT2D eigenvalue weighted by molar-refractivity contribution is -0.0613. The Labute approximate surface area is 89.9 Å². The summed E-state index contributed by atoms with van der Waals surface area (Å²) in [4.78, 5) is 0. The second kappa shape index (κ2) is 4.35. The molecule has 1 aliphatic rings. The van der Waals surface area contributed by atoms with Crippen LogP contribution in [0.5, 0.6) is 0 Å². The maximum absolute atomic E-state index is 11.5. The van der Waals surface area contributed by atoms with E-state index in [2.05, 4.69) is 0 Å². The standard InChI is InChI=1S/C8H16ClNO3S/c1-2-8(11)6-10(7-8)14(12,13)5-3-4-9/h11H,2-7H2,1H3. The van der Waals surface area contributed by atoms with Crippen molar-refractivity contribution in [2.45, 2.75) is 25.4 Å². The van der Waals surface area contributed by atoms with Gasteiger partial charge in [-0.05, 0) is 12.8 Å². The molecule has 0 radical (unpaired) electrons. The first-order chi connectivity index (χ1) is 6.43. The van der Waals surface area contributed by atoms with Crippen LogP contribution < -0.4 is 0 Å². The molecule has 6 heteroatoms. The third kappa shape index (κ3) is 2.59. The summed E-state index contributed by atoms with van der Waals surface area (Å²) >= 11 is 5.42. The molecule has 1 rings (SSSR count). The third-order valence-electron chi connectivity index (χ3n) is 2.53. The predicted octanol–water partition coefficient (Wildman–Crippen LogP) is 0.402. The van der Waals surface area contributed by atoms with Gasteiger partial charge in [0.2, 0.25) is 10.0 Å². The number of β-amino-alcohol motifs (C(OH)–C–C–N with tert-alkyl or cyclic N) is 1. The van der Waals surface area contributed by atoms with Crippen LogP contribution in [0, 0.1) is 0 Å². The summed E-state index contributed by atoms with van der Waals surface area (Å²) in [6.07, 6.45) is 1.06. The van der Waals surface area contributed by atoms with Crippen molar-refractivity contribution in [3.8, 4) is 0 Å².